The zero-order valence-corrected chi connectivity index (χ0v) is 12.6. The first-order chi connectivity index (χ1) is 10.2. The zero-order valence-electron chi connectivity index (χ0n) is 11.1. The molecule has 0 radical (unpaired) electrons. The normalized spacial score (nSPS) is 11.2. The van der Waals surface area contributed by atoms with E-state index in [1.165, 1.54) is 0 Å². The van der Waals surface area contributed by atoms with Crippen molar-refractivity contribution >= 4 is 44.7 Å². The molecule has 2 aromatic carbocycles. The summed E-state index contributed by atoms with van der Waals surface area (Å²) in [5.74, 6) is -1.31. The van der Waals surface area contributed by atoms with Crippen molar-refractivity contribution in [2.45, 2.75) is 4.90 Å². The number of sulfonamides is 1. The first-order valence-electron chi connectivity index (χ1n) is 5.90. The maximum absolute atomic E-state index is 11.7. The van der Waals surface area contributed by atoms with Crippen LogP contribution in [0.2, 0.25) is 5.02 Å². The van der Waals surface area contributed by atoms with Crippen molar-refractivity contribution in [2.75, 3.05) is 11.1 Å². The summed E-state index contributed by atoms with van der Waals surface area (Å²) >= 11 is 5.77. The van der Waals surface area contributed by atoms with Crippen LogP contribution < -0.4 is 16.2 Å². The molecule has 2 rings (SSSR count). The highest BCUT2D eigenvalue weighted by atomic mass is 35.5. The standard InChI is InChI=1S/C13H12ClN3O4S/c14-8-1-3-9(4-2-8)17-12-10(15)5-7(13(18)19)6-11(12)22(16,20)21/h1-6,17H,15H2,(H,18,19)(H2,16,20,21). The fourth-order valence-corrected chi connectivity index (χ4v) is 2.67. The van der Waals surface area contributed by atoms with Gasteiger partial charge in [0.25, 0.3) is 0 Å². The number of halogens is 1. The van der Waals surface area contributed by atoms with Crippen LogP contribution in [0, 0.1) is 0 Å². The number of anilines is 3. The topological polar surface area (TPSA) is 136 Å². The molecule has 0 atom stereocenters. The second-order valence-electron chi connectivity index (χ2n) is 4.42. The van der Waals surface area contributed by atoms with Gasteiger partial charge in [0.15, 0.2) is 0 Å². The van der Waals surface area contributed by atoms with Crippen molar-refractivity contribution in [2.24, 2.45) is 5.14 Å². The number of hydrogen-bond donors (Lipinski definition) is 4. The number of primary sulfonamides is 1. The average molecular weight is 342 g/mol. The Labute approximate surface area is 131 Å². The molecule has 0 aliphatic rings. The van der Waals surface area contributed by atoms with Crippen LogP contribution in [0.25, 0.3) is 0 Å². The third kappa shape index (κ3) is 3.48. The fourth-order valence-electron chi connectivity index (χ4n) is 1.80. The summed E-state index contributed by atoms with van der Waals surface area (Å²) in [6.07, 6.45) is 0. The Bertz CT molecular complexity index is 835. The summed E-state index contributed by atoms with van der Waals surface area (Å²) in [5.41, 5.74) is 5.96. The van der Waals surface area contributed by atoms with E-state index in [4.69, 9.17) is 27.6 Å². The minimum absolute atomic E-state index is 0.00909. The predicted octanol–water partition coefficient (Wildman–Crippen LogP) is 2.01. The highest BCUT2D eigenvalue weighted by Gasteiger charge is 2.20. The summed E-state index contributed by atoms with van der Waals surface area (Å²) in [6, 6.07) is 8.52. The molecule has 0 aliphatic heterocycles. The van der Waals surface area contributed by atoms with Gasteiger partial charge in [-0.1, -0.05) is 11.6 Å². The fraction of sp³-hybridized carbons (Fsp3) is 0. The Morgan fingerprint density at radius 3 is 2.27 bits per heavy atom. The Hall–Kier alpha value is -2.29. The molecule has 0 unspecified atom stereocenters. The van der Waals surface area contributed by atoms with Crippen LogP contribution in [0.1, 0.15) is 10.4 Å². The lowest BCUT2D eigenvalue weighted by Crippen LogP contribution is -2.16. The molecule has 9 heteroatoms. The highest BCUT2D eigenvalue weighted by Crippen LogP contribution is 2.32. The molecule has 6 N–H and O–H groups in total. The molecule has 7 nitrogen and oxygen atoms in total. The largest absolute Gasteiger partial charge is 0.478 e. The minimum Gasteiger partial charge on any atom is -0.478 e. The molecule has 0 bridgehead atoms. The molecule has 0 saturated carbocycles. The van der Waals surface area contributed by atoms with Gasteiger partial charge in [0.2, 0.25) is 10.0 Å². The van der Waals surface area contributed by atoms with E-state index in [0.717, 1.165) is 12.1 Å². The Kier molecular flexibility index (Phi) is 4.27. The van der Waals surface area contributed by atoms with Gasteiger partial charge in [0.1, 0.15) is 4.90 Å². The van der Waals surface area contributed by atoms with E-state index >= 15 is 0 Å². The maximum atomic E-state index is 11.7. The van der Waals surface area contributed by atoms with Crippen molar-refractivity contribution < 1.29 is 18.3 Å². The second kappa shape index (κ2) is 5.84. The first-order valence-corrected chi connectivity index (χ1v) is 7.83. The number of aromatic carboxylic acids is 1. The summed E-state index contributed by atoms with van der Waals surface area (Å²) in [5, 5.41) is 17.4. The quantitative estimate of drug-likeness (QED) is 0.628. The third-order valence-electron chi connectivity index (χ3n) is 2.80. The summed E-state index contributed by atoms with van der Waals surface area (Å²) in [4.78, 5) is 10.6. The van der Waals surface area contributed by atoms with Crippen molar-refractivity contribution in [3.63, 3.8) is 0 Å². The lowest BCUT2D eigenvalue weighted by Gasteiger charge is -2.14. The van der Waals surface area contributed by atoms with Crippen molar-refractivity contribution in [1.82, 2.24) is 0 Å². The Morgan fingerprint density at radius 2 is 1.77 bits per heavy atom. The van der Waals surface area contributed by atoms with E-state index in [0.29, 0.717) is 10.7 Å². The number of nitrogens with one attached hydrogen (secondary N) is 1. The van der Waals surface area contributed by atoms with Gasteiger partial charge >= 0.3 is 5.97 Å². The van der Waals surface area contributed by atoms with Gasteiger partial charge in [-0.2, -0.15) is 0 Å². The van der Waals surface area contributed by atoms with Gasteiger partial charge in [-0.3, -0.25) is 0 Å². The van der Waals surface area contributed by atoms with Crippen LogP contribution in [0.15, 0.2) is 41.3 Å². The van der Waals surface area contributed by atoms with Crippen molar-refractivity contribution in [1.29, 1.82) is 0 Å². The van der Waals surface area contributed by atoms with Crippen LogP contribution >= 0.6 is 11.6 Å². The molecule has 2 aromatic rings. The van der Waals surface area contributed by atoms with Gasteiger partial charge in [0.05, 0.1) is 16.9 Å². The van der Waals surface area contributed by atoms with E-state index in [1.54, 1.807) is 24.3 Å². The molecule has 0 fully saturated rings. The minimum atomic E-state index is -4.17. The maximum Gasteiger partial charge on any atom is 0.335 e. The van der Waals surface area contributed by atoms with Crippen molar-refractivity contribution in [3.8, 4) is 0 Å². The summed E-state index contributed by atoms with van der Waals surface area (Å²) < 4.78 is 23.4. The Balaban J connectivity index is 2.59. The van der Waals surface area contributed by atoms with Gasteiger partial charge < -0.3 is 16.2 Å². The SMILES string of the molecule is Nc1cc(C(=O)O)cc(S(N)(=O)=O)c1Nc1ccc(Cl)cc1. The summed E-state index contributed by atoms with van der Waals surface area (Å²) in [6.45, 7) is 0. The number of hydrogen-bond acceptors (Lipinski definition) is 5. The lowest BCUT2D eigenvalue weighted by molar-refractivity contribution is 0.0696. The zero-order chi connectivity index (χ0) is 16.5. The molecular weight excluding hydrogens is 330 g/mol. The van der Waals surface area contributed by atoms with E-state index in [-0.39, 0.29) is 16.9 Å². The molecule has 0 saturated heterocycles. The van der Waals surface area contributed by atoms with E-state index in [1.807, 2.05) is 0 Å². The number of benzene rings is 2. The number of carbonyl (C=O) groups is 1. The van der Waals surface area contributed by atoms with Gasteiger partial charge in [0, 0.05) is 10.7 Å². The van der Waals surface area contributed by atoms with E-state index in [2.05, 4.69) is 5.32 Å². The monoisotopic (exact) mass is 341 g/mol. The molecule has 0 amide bonds. The smallest absolute Gasteiger partial charge is 0.335 e. The second-order valence-corrected chi connectivity index (χ2v) is 6.39. The van der Waals surface area contributed by atoms with Gasteiger partial charge in [-0.05, 0) is 36.4 Å². The Morgan fingerprint density at radius 1 is 1.18 bits per heavy atom. The van der Waals surface area contributed by atoms with Gasteiger partial charge in [-0.15, -0.1) is 0 Å². The highest BCUT2D eigenvalue weighted by molar-refractivity contribution is 7.89. The molecule has 0 heterocycles. The van der Waals surface area contributed by atoms with Crippen LogP contribution in [-0.4, -0.2) is 19.5 Å². The number of rotatable bonds is 4. The average Bonchev–Trinajstić information content (AvgIpc) is 2.41. The van der Waals surface area contributed by atoms with Crippen LogP contribution in [0.5, 0.6) is 0 Å². The molecule has 0 aliphatic carbocycles. The van der Waals surface area contributed by atoms with Crippen molar-refractivity contribution in [3.05, 3.63) is 47.0 Å². The van der Waals surface area contributed by atoms with Crippen LogP contribution in [-0.2, 0) is 10.0 Å². The van der Waals surface area contributed by atoms with E-state index in [9.17, 15) is 13.2 Å². The third-order valence-corrected chi connectivity index (χ3v) is 3.99. The predicted molar refractivity (Wildman–Crippen MR) is 83.9 cm³/mol. The lowest BCUT2D eigenvalue weighted by atomic mass is 10.1. The number of nitrogens with two attached hydrogens (primary N) is 2. The van der Waals surface area contributed by atoms with Crippen LogP contribution in [0.3, 0.4) is 0 Å². The molecular formula is C13H12ClN3O4S. The summed E-state index contributed by atoms with van der Waals surface area (Å²) in [7, 11) is -4.17. The number of carboxylic acid groups (broad SMARTS) is 1. The molecule has 116 valence electrons. The molecule has 0 aromatic heterocycles. The van der Waals surface area contributed by atoms with Crippen LogP contribution in [0.4, 0.5) is 17.1 Å². The van der Waals surface area contributed by atoms with E-state index < -0.39 is 20.9 Å². The number of carboxylic acids is 1. The van der Waals surface area contributed by atoms with Gasteiger partial charge in [-0.25, -0.2) is 18.4 Å². The first kappa shape index (κ1) is 16.1. The number of nitrogen functional groups attached to an aromatic ring is 1. The molecule has 22 heavy (non-hydrogen) atoms. The molecule has 0 spiro atoms.